The lowest BCUT2D eigenvalue weighted by Crippen LogP contribution is -2.53. The minimum Gasteiger partial charge on any atom is -0.494 e. The van der Waals surface area contributed by atoms with Crippen LogP contribution in [0.3, 0.4) is 0 Å². The van der Waals surface area contributed by atoms with Gasteiger partial charge in [0.15, 0.2) is 0 Å². The van der Waals surface area contributed by atoms with E-state index in [1.807, 2.05) is 44.2 Å². The molecule has 5 rings (SSSR count). The fourth-order valence-electron chi connectivity index (χ4n) is 6.38. The number of fused-ring (bicyclic) bond motifs is 1. The first-order chi connectivity index (χ1) is 17.8. The standard InChI is InChI=1S/C28H33N3O5S/c1-3-36-20-11-9-19(10-12-20)30-24(33)21-22-26(35)31(15-16-32)23(28(22)14-13-27(21,2)37-28)25(34)29-17-18-7-5-4-6-8-18/h4-12,21-23,32H,3,13-17H2,1-2H3,(H,29,34)(H,30,33)/t21-,22-,23?,27+,28?/m0/s1. The molecule has 9 heteroatoms. The van der Waals surface area contributed by atoms with Crippen LogP contribution in [0.25, 0.3) is 0 Å². The molecule has 3 aliphatic heterocycles. The third kappa shape index (κ3) is 4.38. The minimum absolute atomic E-state index is 0.0605. The van der Waals surface area contributed by atoms with Crippen molar-refractivity contribution in [2.24, 2.45) is 11.8 Å². The Balaban J connectivity index is 1.40. The molecule has 0 saturated carbocycles. The van der Waals surface area contributed by atoms with Gasteiger partial charge in [0.05, 0.1) is 29.8 Å². The lowest BCUT2D eigenvalue weighted by Gasteiger charge is -2.34. The Labute approximate surface area is 221 Å². The number of nitrogens with zero attached hydrogens (tertiary/aromatic N) is 1. The van der Waals surface area contributed by atoms with Crippen molar-refractivity contribution in [3.8, 4) is 5.75 Å². The predicted octanol–water partition coefficient (Wildman–Crippen LogP) is 2.81. The van der Waals surface area contributed by atoms with Gasteiger partial charge in [0.2, 0.25) is 17.7 Å². The van der Waals surface area contributed by atoms with Crippen LogP contribution in [-0.2, 0) is 20.9 Å². The number of β-amino-alcohol motifs (C(OH)–C–C–N with tert-alkyl or cyclic N) is 1. The summed E-state index contributed by atoms with van der Waals surface area (Å²) >= 11 is 1.61. The molecule has 8 nitrogen and oxygen atoms in total. The zero-order valence-electron chi connectivity index (χ0n) is 21.1. The highest BCUT2D eigenvalue weighted by atomic mass is 32.2. The zero-order chi connectivity index (χ0) is 26.2. The fourth-order valence-corrected chi connectivity index (χ4v) is 8.73. The summed E-state index contributed by atoms with van der Waals surface area (Å²) < 4.78 is 4.32. The molecule has 2 aromatic rings. The number of amides is 3. The van der Waals surface area contributed by atoms with E-state index in [2.05, 4.69) is 10.6 Å². The molecule has 3 saturated heterocycles. The maximum absolute atomic E-state index is 13.8. The number of rotatable bonds is 9. The lowest BCUT2D eigenvalue weighted by molar-refractivity contribution is -0.140. The van der Waals surface area contributed by atoms with Crippen molar-refractivity contribution in [2.45, 2.75) is 48.8 Å². The summed E-state index contributed by atoms with van der Waals surface area (Å²) in [5, 5.41) is 15.8. The third-order valence-corrected chi connectivity index (χ3v) is 9.88. The quantitative estimate of drug-likeness (QED) is 0.467. The van der Waals surface area contributed by atoms with E-state index in [1.165, 1.54) is 4.90 Å². The zero-order valence-corrected chi connectivity index (χ0v) is 21.9. The van der Waals surface area contributed by atoms with Gasteiger partial charge in [-0.2, -0.15) is 0 Å². The number of aliphatic hydroxyl groups is 1. The molecule has 196 valence electrons. The Kier molecular flexibility index (Phi) is 6.93. The second-order valence-electron chi connectivity index (χ2n) is 10.1. The molecular weight excluding hydrogens is 490 g/mol. The molecular formula is C28H33N3O5S. The monoisotopic (exact) mass is 523 g/mol. The normalized spacial score (nSPS) is 29.8. The molecule has 2 bridgehead atoms. The number of aliphatic hydroxyl groups excluding tert-OH is 1. The van der Waals surface area contributed by atoms with Crippen LogP contribution in [0.2, 0.25) is 0 Å². The van der Waals surface area contributed by atoms with Gasteiger partial charge < -0.3 is 25.4 Å². The summed E-state index contributed by atoms with van der Waals surface area (Å²) in [7, 11) is 0. The SMILES string of the molecule is CCOc1ccc(NC(=O)[C@@H]2[C@H]3C(=O)N(CCO)C(C(=O)NCc4ccccc4)C34CC[C@@]2(C)S4)cc1. The maximum atomic E-state index is 13.8. The maximum Gasteiger partial charge on any atom is 0.244 e. The number of carbonyl (C=O) groups excluding carboxylic acids is 3. The van der Waals surface area contributed by atoms with E-state index in [4.69, 9.17) is 4.74 Å². The molecule has 3 aliphatic rings. The van der Waals surface area contributed by atoms with Gasteiger partial charge in [0.1, 0.15) is 11.8 Å². The summed E-state index contributed by atoms with van der Waals surface area (Å²) in [4.78, 5) is 42.6. The van der Waals surface area contributed by atoms with Gasteiger partial charge in [-0.05, 0) is 56.5 Å². The Morgan fingerprint density at radius 2 is 1.84 bits per heavy atom. The minimum atomic E-state index is -0.740. The topological polar surface area (TPSA) is 108 Å². The van der Waals surface area contributed by atoms with Gasteiger partial charge in [0.25, 0.3) is 0 Å². The van der Waals surface area contributed by atoms with E-state index in [1.54, 1.807) is 36.0 Å². The number of ether oxygens (including phenoxy) is 1. The Morgan fingerprint density at radius 1 is 1.11 bits per heavy atom. The van der Waals surface area contributed by atoms with E-state index in [9.17, 15) is 19.5 Å². The van der Waals surface area contributed by atoms with Gasteiger partial charge in [-0.1, -0.05) is 30.3 Å². The van der Waals surface area contributed by atoms with Crippen LogP contribution in [0.5, 0.6) is 5.75 Å². The second kappa shape index (κ2) is 10.0. The first kappa shape index (κ1) is 25.6. The van der Waals surface area contributed by atoms with E-state index < -0.39 is 27.4 Å². The molecule has 3 fully saturated rings. The number of hydrogen-bond donors (Lipinski definition) is 3. The molecule has 0 aromatic heterocycles. The van der Waals surface area contributed by atoms with Crippen molar-refractivity contribution < 1.29 is 24.2 Å². The number of anilines is 1. The van der Waals surface area contributed by atoms with Crippen LogP contribution in [-0.4, -0.2) is 63.0 Å². The average molecular weight is 524 g/mol. The summed E-state index contributed by atoms with van der Waals surface area (Å²) in [5.74, 6) is -1.17. The lowest BCUT2D eigenvalue weighted by atomic mass is 9.66. The van der Waals surface area contributed by atoms with Crippen molar-refractivity contribution in [1.29, 1.82) is 0 Å². The first-order valence-electron chi connectivity index (χ1n) is 12.8. The van der Waals surface area contributed by atoms with Gasteiger partial charge in [-0.3, -0.25) is 14.4 Å². The van der Waals surface area contributed by atoms with E-state index >= 15 is 0 Å². The molecule has 2 unspecified atom stereocenters. The van der Waals surface area contributed by atoms with Crippen LogP contribution in [0.1, 0.15) is 32.3 Å². The summed E-state index contributed by atoms with van der Waals surface area (Å²) in [6.45, 7) is 4.66. The smallest absolute Gasteiger partial charge is 0.244 e. The first-order valence-corrected chi connectivity index (χ1v) is 13.6. The number of carbonyl (C=O) groups is 3. The Hall–Kier alpha value is -3.04. The second-order valence-corrected chi connectivity index (χ2v) is 12.0. The molecule has 5 atom stereocenters. The van der Waals surface area contributed by atoms with Crippen LogP contribution in [0.15, 0.2) is 54.6 Å². The molecule has 0 radical (unpaired) electrons. The number of nitrogens with one attached hydrogen (secondary N) is 2. The number of likely N-dealkylation sites (tertiary alicyclic amines) is 1. The predicted molar refractivity (Wildman–Crippen MR) is 142 cm³/mol. The van der Waals surface area contributed by atoms with E-state index in [0.717, 1.165) is 17.7 Å². The molecule has 3 N–H and O–H groups in total. The van der Waals surface area contributed by atoms with Crippen molar-refractivity contribution >= 4 is 35.2 Å². The molecule has 1 spiro atoms. The Morgan fingerprint density at radius 3 is 2.51 bits per heavy atom. The number of hydrogen-bond acceptors (Lipinski definition) is 6. The van der Waals surface area contributed by atoms with Crippen LogP contribution in [0, 0.1) is 11.8 Å². The van der Waals surface area contributed by atoms with Crippen LogP contribution in [0.4, 0.5) is 5.69 Å². The van der Waals surface area contributed by atoms with Crippen molar-refractivity contribution in [3.63, 3.8) is 0 Å². The summed E-state index contributed by atoms with van der Waals surface area (Å²) in [6.07, 6.45) is 1.40. The molecule has 2 aromatic carbocycles. The third-order valence-electron chi connectivity index (χ3n) is 7.89. The summed E-state index contributed by atoms with van der Waals surface area (Å²) in [6, 6.07) is 16.0. The summed E-state index contributed by atoms with van der Waals surface area (Å²) in [5.41, 5.74) is 1.60. The molecule has 3 amide bonds. The van der Waals surface area contributed by atoms with Gasteiger partial charge >= 0.3 is 0 Å². The van der Waals surface area contributed by atoms with Gasteiger partial charge in [-0.25, -0.2) is 0 Å². The van der Waals surface area contributed by atoms with Crippen molar-refractivity contribution in [2.75, 3.05) is 25.1 Å². The van der Waals surface area contributed by atoms with Crippen molar-refractivity contribution in [1.82, 2.24) is 10.2 Å². The molecule has 3 heterocycles. The highest BCUT2D eigenvalue weighted by Gasteiger charge is 2.77. The van der Waals surface area contributed by atoms with Gasteiger partial charge in [-0.15, -0.1) is 11.8 Å². The van der Waals surface area contributed by atoms with Crippen LogP contribution < -0.4 is 15.4 Å². The highest BCUT2D eigenvalue weighted by molar-refractivity contribution is 8.02. The average Bonchev–Trinajstić information content (AvgIpc) is 3.46. The molecule has 37 heavy (non-hydrogen) atoms. The largest absolute Gasteiger partial charge is 0.494 e. The van der Waals surface area contributed by atoms with E-state index in [0.29, 0.717) is 25.3 Å². The highest BCUT2D eigenvalue weighted by Crippen LogP contribution is 2.71. The van der Waals surface area contributed by atoms with Crippen LogP contribution >= 0.6 is 11.8 Å². The van der Waals surface area contributed by atoms with E-state index in [-0.39, 0.29) is 30.9 Å². The molecule has 0 aliphatic carbocycles. The fraction of sp³-hybridized carbons (Fsp3) is 0.464. The number of benzene rings is 2. The Bertz CT molecular complexity index is 1180. The number of thioether (sulfide) groups is 1. The van der Waals surface area contributed by atoms with Crippen molar-refractivity contribution in [3.05, 3.63) is 60.2 Å². The van der Waals surface area contributed by atoms with Gasteiger partial charge in [0, 0.05) is 23.5 Å².